The molecule has 4 rings (SSSR count). The highest BCUT2D eigenvalue weighted by Gasteiger charge is 2.27. The minimum atomic E-state index is -0.481. The molecule has 8 nitrogen and oxygen atoms in total. The van der Waals surface area contributed by atoms with E-state index in [0.29, 0.717) is 28.9 Å². The van der Waals surface area contributed by atoms with Crippen molar-refractivity contribution in [2.45, 2.75) is 32.8 Å². The smallest absolute Gasteiger partial charge is 0.248 e. The molecule has 0 saturated carbocycles. The Morgan fingerprint density at radius 3 is 2.84 bits per heavy atom. The molecule has 0 spiro atoms. The van der Waals surface area contributed by atoms with Gasteiger partial charge in [-0.25, -0.2) is 5.10 Å². The van der Waals surface area contributed by atoms with Gasteiger partial charge in [-0.1, -0.05) is 44.2 Å². The molecule has 8 heteroatoms. The van der Waals surface area contributed by atoms with E-state index < -0.39 is 6.10 Å². The topological polar surface area (TPSA) is 102 Å². The predicted octanol–water partition coefficient (Wildman–Crippen LogP) is 3.95. The fraction of sp³-hybridized carbons (Fsp3) is 0.304. The van der Waals surface area contributed by atoms with Crippen molar-refractivity contribution in [2.75, 3.05) is 11.9 Å². The summed E-state index contributed by atoms with van der Waals surface area (Å²) in [5, 5.41) is 16.5. The van der Waals surface area contributed by atoms with Gasteiger partial charge in [-0.2, -0.15) is 0 Å². The van der Waals surface area contributed by atoms with Gasteiger partial charge in [-0.05, 0) is 58.5 Å². The van der Waals surface area contributed by atoms with Crippen LogP contribution in [0.4, 0.5) is 5.69 Å². The van der Waals surface area contributed by atoms with Crippen molar-refractivity contribution in [2.24, 2.45) is 5.92 Å². The fourth-order valence-corrected chi connectivity index (χ4v) is 3.23. The van der Waals surface area contributed by atoms with Crippen LogP contribution in [0.5, 0.6) is 11.5 Å². The zero-order valence-electron chi connectivity index (χ0n) is 17.5. The van der Waals surface area contributed by atoms with Gasteiger partial charge in [0, 0.05) is 6.08 Å². The first kappa shape index (κ1) is 20.6. The third-order valence-electron chi connectivity index (χ3n) is 4.97. The molecular weight excluding hydrogens is 394 g/mol. The monoisotopic (exact) mass is 419 g/mol. The molecule has 1 aromatic heterocycles. The summed E-state index contributed by atoms with van der Waals surface area (Å²) in [5.74, 6) is 1.89. The Hall–Kier alpha value is -3.68. The zero-order valence-corrected chi connectivity index (χ0v) is 17.5. The number of aromatic amines is 1. The molecule has 2 N–H and O–H groups in total. The highest BCUT2D eigenvalue weighted by molar-refractivity contribution is 6.03. The molecule has 0 saturated heterocycles. The van der Waals surface area contributed by atoms with Gasteiger partial charge in [-0.3, -0.25) is 4.79 Å². The number of tetrazole rings is 1. The number of hydrogen-bond donors (Lipinski definition) is 2. The number of fused-ring (bicyclic) bond motifs is 1. The summed E-state index contributed by atoms with van der Waals surface area (Å²) >= 11 is 0. The lowest BCUT2D eigenvalue weighted by molar-refractivity contribution is -0.111. The number of anilines is 1. The lowest BCUT2D eigenvalue weighted by atomic mass is 10.0. The Balaban J connectivity index is 1.40. The number of carbonyl (C=O) groups is 1. The van der Waals surface area contributed by atoms with Crippen LogP contribution in [0, 0.1) is 5.92 Å². The van der Waals surface area contributed by atoms with Crippen LogP contribution in [-0.4, -0.2) is 33.1 Å². The second-order valence-corrected chi connectivity index (χ2v) is 7.83. The Morgan fingerprint density at radius 1 is 1.26 bits per heavy atom. The van der Waals surface area contributed by atoms with Crippen molar-refractivity contribution in [3.05, 3.63) is 65.5 Å². The van der Waals surface area contributed by atoms with E-state index in [2.05, 4.69) is 51.9 Å². The number of para-hydroxylation sites is 1. The molecule has 0 radical (unpaired) electrons. The van der Waals surface area contributed by atoms with E-state index in [1.165, 1.54) is 18.1 Å². The third kappa shape index (κ3) is 5.28. The summed E-state index contributed by atoms with van der Waals surface area (Å²) in [6, 6.07) is 13.6. The number of carbonyl (C=O) groups excluding carboxylic acids is 1. The zero-order chi connectivity index (χ0) is 21.6. The first-order valence-electron chi connectivity index (χ1n) is 10.3. The normalized spacial score (nSPS) is 15.4. The molecule has 2 heterocycles. The number of nitrogens with one attached hydrogen (secondary N) is 2. The average molecular weight is 419 g/mol. The first-order valence-corrected chi connectivity index (χ1v) is 10.3. The maximum absolute atomic E-state index is 12.5. The number of benzene rings is 2. The minimum Gasteiger partial charge on any atom is -0.485 e. The van der Waals surface area contributed by atoms with E-state index in [9.17, 15) is 4.79 Å². The van der Waals surface area contributed by atoms with Crippen LogP contribution in [-0.2, 0) is 11.2 Å². The Morgan fingerprint density at radius 2 is 2.10 bits per heavy atom. The highest BCUT2D eigenvalue weighted by atomic mass is 16.6. The maximum Gasteiger partial charge on any atom is 0.248 e. The number of aryl methyl sites for hydroxylation is 1. The van der Waals surface area contributed by atoms with Crippen LogP contribution < -0.4 is 14.8 Å². The average Bonchev–Trinajstić information content (AvgIpc) is 3.32. The van der Waals surface area contributed by atoms with Crippen LogP contribution in [0.25, 0.3) is 6.08 Å². The molecule has 0 aliphatic carbocycles. The molecule has 0 fully saturated rings. The van der Waals surface area contributed by atoms with E-state index in [-0.39, 0.29) is 12.5 Å². The summed E-state index contributed by atoms with van der Waals surface area (Å²) < 4.78 is 11.7. The number of ether oxygens (including phenoxy) is 2. The largest absolute Gasteiger partial charge is 0.485 e. The van der Waals surface area contributed by atoms with Gasteiger partial charge < -0.3 is 14.8 Å². The molecule has 3 aromatic rings. The number of amides is 1. The summed E-state index contributed by atoms with van der Waals surface area (Å²) in [4.78, 5) is 12.5. The van der Waals surface area contributed by atoms with E-state index in [1.807, 2.05) is 12.1 Å². The summed E-state index contributed by atoms with van der Waals surface area (Å²) in [5.41, 5.74) is 2.80. The standard InChI is InChI=1S/C23H25N5O3/c1-15(2)6-7-16-8-10-17(11-9-16)12-13-21(29)24-18-4-3-5-19-22(18)31-20(14-30-19)23-25-27-28-26-23/h3-5,8-13,15,20H,6-7,14H2,1-2H3,(H,24,29)(H,25,26,27,28)/b13-12+. The molecule has 1 aliphatic rings. The summed E-state index contributed by atoms with van der Waals surface area (Å²) in [7, 11) is 0. The molecule has 2 aromatic carbocycles. The Bertz CT molecular complexity index is 1050. The number of H-pyrrole nitrogens is 1. The van der Waals surface area contributed by atoms with Crippen LogP contribution in [0.15, 0.2) is 48.5 Å². The van der Waals surface area contributed by atoms with Crippen molar-refractivity contribution < 1.29 is 14.3 Å². The molecule has 31 heavy (non-hydrogen) atoms. The number of hydrogen-bond acceptors (Lipinski definition) is 6. The summed E-state index contributed by atoms with van der Waals surface area (Å²) in [6.45, 7) is 4.72. The minimum absolute atomic E-state index is 0.260. The maximum atomic E-state index is 12.5. The van der Waals surface area contributed by atoms with Crippen molar-refractivity contribution >= 4 is 17.7 Å². The van der Waals surface area contributed by atoms with Gasteiger partial charge in [0.2, 0.25) is 5.91 Å². The first-order chi connectivity index (χ1) is 15.1. The Kier molecular flexibility index (Phi) is 6.26. The van der Waals surface area contributed by atoms with E-state index in [1.54, 1.807) is 24.3 Å². The fourth-order valence-electron chi connectivity index (χ4n) is 3.23. The van der Waals surface area contributed by atoms with Crippen molar-refractivity contribution in [1.82, 2.24) is 20.6 Å². The molecule has 1 atom stereocenters. The molecule has 1 amide bonds. The van der Waals surface area contributed by atoms with Crippen LogP contribution >= 0.6 is 0 Å². The molecular formula is C23H25N5O3. The highest BCUT2D eigenvalue weighted by Crippen LogP contribution is 2.41. The van der Waals surface area contributed by atoms with Gasteiger partial charge in [-0.15, -0.1) is 5.10 Å². The van der Waals surface area contributed by atoms with E-state index >= 15 is 0 Å². The lowest BCUT2D eigenvalue weighted by Crippen LogP contribution is -2.24. The van der Waals surface area contributed by atoms with Crippen molar-refractivity contribution in [1.29, 1.82) is 0 Å². The summed E-state index contributed by atoms with van der Waals surface area (Å²) in [6.07, 6.45) is 5.04. The van der Waals surface area contributed by atoms with Crippen molar-refractivity contribution in [3.8, 4) is 11.5 Å². The molecule has 0 bridgehead atoms. The lowest BCUT2D eigenvalue weighted by Gasteiger charge is -2.26. The van der Waals surface area contributed by atoms with Gasteiger partial charge >= 0.3 is 0 Å². The van der Waals surface area contributed by atoms with E-state index in [0.717, 1.165) is 12.0 Å². The second kappa shape index (κ2) is 9.42. The van der Waals surface area contributed by atoms with Crippen LogP contribution in [0.3, 0.4) is 0 Å². The van der Waals surface area contributed by atoms with Crippen molar-refractivity contribution in [3.63, 3.8) is 0 Å². The molecule has 1 aliphatic heterocycles. The third-order valence-corrected chi connectivity index (χ3v) is 4.97. The molecule has 1 unspecified atom stereocenters. The van der Waals surface area contributed by atoms with Gasteiger partial charge in [0.05, 0.1) is 5.69 Å². The number of rotatable bonds is 7. The molecule has 160 valence electrons. The van der Waals surface area contributed by atoms with E-state index in [4.69, 9.17) is 9.47 Å². The van der Waals surface area contributed by atoms with Gasteiger partial charge in [0.15, 0.2) is 23.4 Å². The predicted molar refractivity (Wildman–Crippen MR) is 117 cm³/mol. The van der Waals surface area contributed by atoms with Crippen LogP contribution in [0.1, 0.15) is 43.3 Å². The number of nitrogens with zero attached hydrogens (tertiary/aromatic N) is 3. The van der Waals surface area contributed by atoms with Gasteiger partial charge in [0.1, 0.15) is 6.61 Å². The quantitative estimate of drug-likeness (QED) is 0.562. The number of aromatic nitrogens is 4. The second-order valence-electron chi connectivity index (χ2n) is 7.83. The SMILES string of the molecule is CC(C)CCc1ccc(/C=C/C(=O)Nc2cccc3c2OC(c2nnn[nH]2)CO3)cc1. The van der Waals surface area contributed by atoms with Gasteiger partial charge in [0.25, 0.3) is 0 Å². The van der Waals surface area contributed by atoms with Crippen LogP contribution in [0.2, 0.25) is 0 Å². The Labute approximate surface area is 180 Å².